The number of carbonyl (C=O) groups excluding carboxylic acids is 3. The summed E-state index contributed by atoms with van der Waals surface area (Å²) in [7, 11) is -4.05. The van der Waals surface area contributed by atoms with Crippen molar-refractivity contribution in [3.63, 3.8) is 0 Å². The number of carbonyl (C=O) groups is 3. The molecule has 0 atom stereocenters. The average Bonchev–Trinajstić information content (AvgIpc) is 2.79. The third-order valence-electron chi connectivity index (χ3n) is 4.11. The van der Waals surface area contributed by atoms with E-state index in [1.807, 2.05) is 0 Å². The summed E-state index contributed by atoms with van der Waals surface area (Å²) in [4.78, 5) is 33.0. The molecule has 9 nitrogen and oxygen atoms in total. The highest BCUT2D eigenvalue weighted by Gasteiger charge is 2.16. The van der Waals surface area contributed by atoms with E-state index in [1.54, 1.807) is 43.3 Å². The van der Waals surface area contributed by atoms with Crippen LogP contribution >= 0.6 is 0 Å². The highest BCUT2D eigenvalue weighted by atomic mass is 32.2. The minimum absolute atomic E-state index is 0.0617. The lowest BCUT2D eigenvalue weighted by Gasteiger charge is -2.09. The summed E-state index contributed by atoms with van der Waals surface area (Å²) >= 11 is 0. The van der Waals surface area contributed by atoms with Gasteiger partial charge >= 0.3 is 11.9 Å². The number of benzene rings is 2. The van der Waals surface area contributed by atoms with E-state index in [2.05, 4.69) is 11.3 Å². The minimum atomic E-state index is -4.05. The van der Waals surface area contributed by atoms with Crippen LogP contribution in [-0.2, 0) is 38.2 Å². The van der Waals surface area contributed by atoms with Crippen molar-refractivity contribution in [2.45, 2.75) is 18.7 Å². The monoisotopic (exact) mass is 476 g/mol. The molecule has 0 aliphatic rings. The molecule has 0 aromatic heterocycles. The molecule has 176 valence electrons. The number of hydrogen-bond donors (Lipinski definition) is 0. The molecule has 0 aliphatic carbocycles. The topological polar surface area (TPSA) is 122 Å². The molecule has 0 aliphatic heterocycles. The van der Waals surface area contributed by atoms with Crippen LogP contribution in [-0.4, -0.2) is 52.6 Å². The molecule has 10 heteroatoms. The maximum absolute atomic E-state index is 12.2. The first kappa shape index (κ1) is 25.8. The van der Waals surface area contributed by atoms with Gasteiger partial charge in [0.25, 0.3) is 10.1 Å². The number of ether oxygens (including phenoxy) is 3. The summed E-state index contributed by atoms with van der Waals surface area (Å²) in [6, 6.07) is 13.1. The van der Waals surface area contributed by atoms with Crippen LogP contribution < -0.4 is 4.74 Å². The molecule has 0 N–H and O–H groups in total. The van der Waals surface area contributed by atoms with E-state index in [1.165, 1.54) is 12.1 Å². The number of esters is 2. The molecule has 0 unspecified atom stereocenters. The van der Waals surface area contributed by atoms with Crippen molar-refractivity contribution in [1.82, 2.24) is 0 Å². The molecular formula is C23H24O9S. The molecular weight excluding hydrogens is 452 g/mol. The predicted molar refractivity (Wildman–Crippen MR) is 118 cm³/mol. The van der Waals surface area contributed by atoms with Gasteiger partial charge in [-0.15, -0.1) is 0 Å². The molecule has 2 aromatic carbocycles. The second-order valence-electron chi connectivity index (χ2n) is 6.78. The fourth-order valence-electron chi connectivity index (χ4n) is 2.42. The van der Waals surface area contributed by atoms with E-state index in [-0.39, 0.29) is 24.7 Å². The Hall–Kier alpha value is -3.50. The van der Waals surface area contributed by atoms with Gasteiger partial charge in [-0.2, -0.15) is 8.42 Å². The lowest BCUT2D eigenvalue weighted by atomic mass is 10.1. The second kappa shape index (κ2) is 11.9. The van der Waals surface area contributed by atoms with E-state index in [0.29, 0.717) is 11.3 Å². The summed E-state index contributed by atoms with van der Waals surface area (Å²) in [5.41, 5.74) is 1.92. The fourth-order valence-corrected chi connectivity index (χ4v) is 3.32. The Bertz CT molecular complexity index is 1100. The summed E-state index contributed by atoms with van der Waals surface area (Å²) in [6.07, 6.45) is 0. The van der Waals surface area contributed by atoms with Gasteiger partial charge in [0.15, 0.2) is 0 Å². The molecule has 0 saturated carbocycles. The summed E-state index contributed by atoms with van der Waals surface area (Å²) in [6.45, 7) is 5.63. The van der Waals surface area contributed by atoms with Gasteiger partial charge in [0.05, 0.1) is 4.90 Å². The fraction of sp³-hybridized carbons (Fsp3) is 0.261. The average molecular weight is 477 g/mol. The Morgan fingerprint density at radius 2 is 1.27 bits per heavy atom. The first-order chi connectivity index (χ1) is 15.6. The van der Waals surface area contributed by atoms with Crippen LogP contribution in [0.4, 0.5) is 0 Å². The van der Waals surface area contributed by atoms with Crippen LogP contribution in [0.3, 0.4) is 0 Å². The van der Waals surface area contributed by atoms with Crippen LogP contribution in [0.15, 0.2) is 65.6 Å². The van der Waals surface area contributed by atoms with E-state index in [4.69, 9.17) is 13.7 Å². The van der Waals surface area contributed by atoms with Gasteiger partial charge in [-0.3, -0.25) is 8.98 Å². The third-order valence-corrected chi connectivity index (χ3v) is 5.43. The highest BCUT2D eigenvalue weighted by molar-refractivity contribution is 7.86. The zero-order valence-corrected chi connectivity index (χ0v) is 19.1. The van der Waals surface area contributed by atoms with Crippen LogP contribution in [0.25, 0.3) is 11.1 Å². The van der Waals surface area contributed by atoms with Crippen LogP contribution in [0.1, 0.15) is 13.8 Å². The molecule has 33 heavy (non-hydrogen) atoms. The first-order valence-electron chi connectivity index (χ1n) is 9.83. The first-order valence-corrected chi connectivity index (χ1v) is 11.2. The number of rotatable bonds is 12. The summed E-state index contributed by atoms with van der Waals surface area (Å²) < 4.78 is 44.3. The summed E-state index contributed by atoms with van der Waals surface area (Å²) in [5.74, 6) is -1.72. The van der Waals surface area contributed by atoms with Gasteiger partial charge in [-0.25, -0.2) is 9.59 Å². The zero-order valence-electron chi connectivity index (χ0n) is 18.2. The molecule has 2 rings (SSSR count). The van der Waals surface area contributed by atoms with Crippen molar-refractivity contribution < 1.29 is 41.2 Å². The third kappa shape index (κ3) is 8.17. The number of ketones is 1. The Kier molecular flexibility index (Phi) is 9.31. The van der Waals surface area contributed by atoms with Crippen LogP contribution in [0.5, 0.6) is 5.75 Å². The smallest absolute Gasteiger partial charge is 0.374 e. The van der Waals surface area contributed by atoms with Gasteiger partial charge in [-0.1, -0.05) is 30.8 Å². The van der Waals surface area contributed by atoms with Crippen molar-refractivity contribution >= 4 is 27.8 Å². The largest absolute Gasteiger partial charge is 0.490 e. The Balaban J connectivity index is 1.88. The molecule has 0 radical (unpaired) electrons. The Morgan fingerprint density at radius 3 is 1.82 bits per heavy atom. The SMILES string of the molecule is C=C(C)C(=O)OCCOc1ccc(-c2ccc(S(=O)(=O)OCCOC(=O)C(C)=O)cc2)cc1. The lowest BCUT2D eigenvalue weighted by Crippen LogP contribution is -2.18. The van der Waals surface area contributed by atoms with E-state index < -0.39 is 34.4 Å². The summed E-state index contributed by atoms with van der Waals surface area (Å²) in [5, 5.41) is 0. The van der Waals surface area contributed by atoms with E-state index in [9.17, 15) is 22.8 Å². The number of Topliss-reactive ketones (excluding diaryl/α,β-unsaturated/α-hetero) is 1. The zero-order chi connectivity index (χ0) is 24.4. The van der Waals surface area contributed by atoms with Gasteiger partial charge in [-0.05, 0) is 42.3 Å². The van der Waals surface area contributed by atoms with Crippen molar-refractivity contribution in [2.75, 3.05) is 26.4 Å². The quantitative estimate of drug-likeness (QED) is 0.150. The molecule has 0 spiro atoms. The molecule has 0 saturated heterocycles. The van der Waals surface area contributed by atoms with Crippen LogP contribution in [0.2, 0.25) is 0 Å². The normalized spacial score (nSPS) is 10.8. The minimum Gasteiger partial charge on any atom is -0.490 e. The van der Waals surface area contributed by atoms with E-state index >= 15 is 0 Å². The second-order valence-corrected chi connectivity index (χ2v) is 8.40. The van der Waals surface area contributed by atoms with Gasteiger partial charge in [0, 0.05) is 12.5 Å². The Labute approximate surface area is 192 Å². The van der Waals surface area contributed by atoms with Crippen molar-refractivity contribution in [3.8, 4) is 16.9 Å². The van der Waals surface area contributed by atoms with Gasteiger partial charge < -0.3 is 14.2 Å². The molecule has 0 fully saturated rings. The van der Waals surface area contributed by atoms with E-state index in [0.717, 1.165) is 18.1 Å². The lowest BCUT2D eigenvalue weighted by molar-refractivity contribution is -0.153. The maximum Gasteiger partial charge on any atom is 0.374 e. The van der Waals surface area contributed by atoms with Crippen molar-refractivity contribution in [3.05, 3.63) is 60.7 Å². The Morgan fingerprint density at radius 1 is 0.758 bits per heavy atom. The molecule has 0 amide bonds. The molecule has 2 aromatic rings. The van der Waals surface area contributed by atoms with Gasteiger partial charge in [0.1, 0.15) is 32.2 Å². The highest BCUT2D eigenvalue weighted by Crippen LogP contribution is 2.24. The standard InChI is InChI=1S/C23H24O9S/c1-16(2)22(25)30-13-12-29-20-8-4-18(5-9-20)19-6-10-21(11-7-19)33(27,28)32-15-14-31-23(26)17(3)24/h4-11H,1,12-15H2,2-3H3. The molecule has 0 heterocycles. The van der Waals surface area contributed by atoms with Gasteiger partial charge in [0.2, 0.25) is 5.78 Å². The van der Waals surface area contributed by atoms with Crippen LogP contribution in [0, 0.1) is 0 Å². The molecule has 0 bridgehead atoms. The van der Waals surface area contributed by atoms with Crippen molar-refractivity contribution in [1.29, 1.82) is 0 Å². The van der Waals surface area contributed by atoms with Crippen molar-refractivity contribution in [2.24, 2.45) is 0 Å². The predicted octanol–water partition coefficient (Wildman–Crippen LogP) is 2.69. The maximum atomic E-state index is 12.2. The number of hydrogen-bond acceptors (Lipinski definition) is 9.